The Morgan fingerprint density at radius 2 is 1.77 bits per heavy atom. The van der Waals surface area contributed by atoms with E-state index < -0.39 is 11.6 Å². The number of rotatable bonds is 13. The fraction of sp³-hybridized carbons (Fsp3) is 0.577. The van der Waals surface area contributed by atoms with Crippen LogP contribution in [0, 0.1) is 5.92 Å². The molecular weight excluding hydrogens is 376 g/mol. The molecule has 1 saturated heterocycles. The maximum Gasteiger partial charge on any atom is 0.306 e. The van der Waals surface area contributed by atoms with Crippen molar-refractivity contribution in [2.24, 2.45) is 5.92 Å². The summed E-state index contributed by atoms with van der Waals surface area (Å²) in [4.78, 5) is 22.0. The molecule has 30 heavy (non-hydrogen) atoms. The van der Waals surface area contributed by atoms with Crippen molar-refractivity contribution in [3.8, 4) is 0 Å². The van der Waals surface area contributed by atoms with E-state index in [1.54, 1.807) is 0 Å². The number of aliphatic carboxylic acids is 1. The zero-order valence-corrected chi connectivity index (χ0v) is 18.8. The third kappa shape index (κ3) is 9.27. The van der Waals surface area contributed by atoms with Crippen LogP contribution in [0.3, 0.4) is 0 Å². The second-order valence-electron chi connectivity index (χ2n) is 9.31. The first-order valence-electron chi connectivity index (χ1n) is 11.3. The van der Waals surface area contributed by atoms with Gasteiger partial charge in [-0.3, -0.25) is 4.79 Å². The Morgan fingerprint density at radius 3 is 2.50 bits per heavy atom. The predicted octanol–water partition coefficient (Wildman–Crippen LogP) is 6.97. The number of unbranched alkanes of at least 4 members (excludes halogenated alkanes) is 4. The third-order valence-electron chi connectivity index (χ3n) is 5.65. The average Bonchev–Trinajstić information content (AvgIpc) is 2.97. The van der Waals surface area contributed by atoms with Gasteiger partial charge in [-0.1, -0.05) is 87.2 Å². The minimum absolute atomic E-state index is 0.0204. The molecule has 3 atom stereocenters. The molecule has 4 nitrogen and oxygen atoms in total. The molecule has 1 N–H and O–H groups in total. The number of carbonyl (C=O) groups is 1. The van der Waals surface area contributed by atoms with Crippen molar-refractivity contribution in [1.29, 1.82) is 0 Å². The van der Waals surface area contributed by atoms with Gasteiger partial charge in [-0.05, 0) is 44.6 Å². The maximum atomic E-state index is 11.0. The highest BCUT2D eigenvalue weighted by Crippen LogP contribution is 2.42. The molecular formula is C26H38O4. The Kier molecular flexibility index (Phi) is 9.80. The zero-order valence-electron chi connectivity index (χ0n) is 18.8. The molecule has 2 rings (SSSR count). The molecule has 166 valence electrons. The van der Waals surface area contributed by atoms with E-state index in [4.69, 9.17) is 14.9 Å². The van der Waals surface area contributed by atoms with E-state index in [-0.39, 0.29) is 12.0 Å². The number of benzene rings is 1. The summed E-state index contributed by atoms with van der Waals surface area (Å²) in [5, 5.41) is 9.04. The van der Waals surface area contributed by atoms with Gasteiger partial charge in [0.1, 0.15) is 11.2 Å². The summed E-state index contributed by atoms with van der Waals surface area (Å²) in [5.41, 5.74) is 0.123. The highest BCUT2D eigenvalue weighted by Gasteiger charge is 2.47. The number of carboxylic acid groups (broad SMARTS) is 1. The highest BCUT2D eigenvalue weighted by molar-refractivity contribution is 5.68. The zero-order chi connectivity index (χ0) is 21.9. The topological polar surface area (TPSA) is 55.8 Å². The third-order valence-corrected chi connectivity index (χ3v) is 5.65. The Bertz CT molecular complexity index is 696. The molecule has 1 aliphatic heterocycles. The first kappa shape index (κ1) is 24.4. The summed E-state index contributed by atoms with van der Waals surface area (Å²) < 4.78 is 0. The van der Waals surface area contributed by atoms with E-state index in [0.717, 1.165) is 12.8 Å². The fourth-order valence-electron chi connectivity index (χ4n) is 4.42. The van der Waals surface area contributed by atoms with E-state index in [0.29, 0.717) is 12.3 Å². The minimum atomic E-state index is -0.847. The Labute approximate surface area is 181 Å². The predicted molar refractivity (Wildman–Crippen MR) is 122 cm³/mol. The van der Waals surface area contributed by atoms with Crippen LogP contribution in [-0.4, -0.2) is 22.3 Å². The molecule has 1 heterocycles. The van der Waals surface area contributed by atoms with Crippen LogP contribution >= 0.6 is 0 Å². The van der Waals surface area contributed by atoms with Crippen molar-refractivity contribution < 1.29 is 19.7 Å². The summed E-state index contributed by atoms with van der Waals surface area (Å²) in [5.74, 6) is -0.311. The summed E-state index contributed by atoms with van der Waals surface area (Å²) in [6, 6.07) is 10.3. The SMILES string of the molecule is CC(CCCCCCC=CC=Cc1ccccc1)C[C@]1(C)C[C@@](C)(CC(=O)O)OO1. The second kappa shape index (κ2) is 12.1. The van der Waals surface area contributed by atoms with Crippen LogP contribution < -0.4 is 0 Å². The molecule has 1 fully saturated rings. The van der Waals surface area contributed by atoms with Crippen molar-refractivity contribution in [2.45, 2.75) is 89.8 Å². The number of carboxylic acids is 1. The minimum Gasteiger partial charge on any atom is -0.481 e. The van der Waals surface area contributed by atoms with Crippen LogP contribution in [-0.2, 0) is 14.6 Å². The smallest absolute Gasteiger partial charge is 0.306 e. The van der Waals surface area contributed by atoms with Crippen molar-refractivity contribution in [3.63, 3.8) is 0 Å². The Hall–Kier alpha value is -1.91. The van der Waals surface area contributed by atoms with E-state index >= 15 is 0 Å². The Balaban J connectivity index is 1.53. The van der Waals surface area contributed by atoms with Crippen molar-refractivity contribution in [2.75, 3.05) is 0 Å². The van der Waals surface area contributed by atoms with Gasteiger partial charge in [0, 0.05) is 6.42 Å². The van der Waals surface area contributed by atoms with Gasteiger partial charge in [0.15, 0.2) is 0 Å². The van der Waals surface area contributed by atoms with Crippen LogP contribution in [0.25, 0.3) is 6.08 Å². The van der Waals surface area contributed by atoms with Crippen LogP contribution in [0.1, 0.15) is 84.1 Å². The number of allylic oxidation sites excluding steroid dienone is 3. The molecule has 4 heteroatoms. The highest BCUT2D eigenvalue weighted by atomic mass is 17.2. The van der Waals surface area contributed by atoms with Crippen LogP contribution in [0.5, 0.6) is 0 Å². The maximum absolute atomic E-state index is 11.0. The molecule has 1 aromatic carbocycles. The van der Waals surface area contributed by atoms with Gasteiger partial charge in [-0.15, -0.1) is 0 Å². The molecule has 0 aliphatic carbocycles. The van der Waals surface area contributed by atoms with Gasteiger partial charge < -0.3 is 5.11 Å². The van der Waals surface area contributed by atoms with Crippen LogP contribution in [0.4, 0.5) is 0 Å². The molecule has 1 aromatic rings. The number of hydrogen-bond acceptors (Lipinski definition) is 3. The fourth-order valence-corrected chi connectivity index (χ4v) is 4.42. The van der Waals surface area contributed by atoms with Gasteiger partial charge >= 0.3 is 5.97 Å². The van der Waals surface area contributed by atoms with Gasteiger partial charge in [-0.25, -0.2) is 9.78 Å². The molecule has 0 saturated carbocycles. The second-order valence-corrected chi connectivity index (χ2v) is 9.31. The van der Waals surface area contributed by atoms with Gasteiger partial charge in [-0.2, -0.15) is 0 Å². The first-order valence-corrected chi connectivity index (χ1v) is 11.3. The lowest BCUT2D eigenvalue weighted by Gasteiger charge is -2.25. The van der Waals surface area contributed by atoms with Crippen LogP contribution in [0.15, 0.2) is 48.6 Å². The normalized spacial score (nSPS) is 25.3. The molecule has 0 spiro atoms. The lowest BCUT2D eigenvalue weighted by Crippen LogP contribution is -2.31. The standard InChI is InChI=1S/C26H38O4/c1-22(19-25(2)21-26(3,30-29-25)20-24(27)28)15-11-8-6-4-5-7-9-12-16-23-17-13-10-14-18-23/h7,9-10,12-14,16-18,22H,4-6,8,11,15,19-21H2,1-3H3,(H,27,28)/t22?,25-,26-/m1/s1. The Morgan fingerprint density at radius 1 is 1.07 bits per heavy atom. The quantitative estimate of drug-likeness (QED) is 0.215. The molecule has 0 aromatic heterocycles. The summed E-state index contributed by atoms with van der Waals surface area (Å²) in [6.07, 6.45) is 17.4. The van der Waals surface area contributed by atoms with Crippen molar-refractivity contribution in [3.05, 3.63) is 54.1 Å². The van der Waals surface area contributed by atoms with Gasteiger partial charge in [0.25, 0.3) is 0 Å². The molecule has 0 bridgehead atoms. The van der Waals surface area contributed by atoms with Gasteiger partial charge in [0.05, 0.1) is 6.42 Å². The van der Waals surface area contributed by atoms with E-state index in [2.05, 4.69) is 55.5 Å². The molecule has 0 radical (unpaired) electrons. The van der Waals surface area contributed by atoms with E-state index in [9.17, 15) is 4.79 Å². The largest absolute Gasteiger partial charge is 0.481 e. The van der Waals surface area contributed by atoms with Gasteiger partial charge in [0.2, 0.25) is 0 Å². The summed E-state index contributed by atoms with van der Waals surface area (Å²) in [7, 11) is 0. The van der Waals surface area contributed by atoms with Crippen molar-refractivity contribution in [1.82, 2.24) is 0 Å². The molecule has 1 aliphatic rings. The number of hydrogen-bond donors (Lipinski definition) is 1. The van der Waals surface area contributed by atoms with E-state index in [1.807, 2.05) is 19.9 Å². The first-order chi connectivity index (χ1) is 14.3. The molecule has 1 unspecified atom stereocenters. The van der Waals surface area contributed by atoms with E-state index in [1.165, 1.54) is 37.7 Å². The van der Waals surface area contributed by atoms with Crippen LogP contribution in [0.2, 0.25) is 0 Å². The summed E-state index contributed by atoms with van der Waals surface area (Å²) >= 11 is 0. The lowest BCUT2D eigenvalue weighted by molar-refractivity contribution is -0.346. The molecule has 0 amide bonds. The van der Waals surface area contributed by atoms with Crippen molar-refractivity contribution >= 4 is 12.0 Å². The lowest BCUT2D eigenvalue weighted by atomic mass is 9.81. The summed E-state index contributed by atoms with van der Waals surface area (Å²) in [6.45, 7) is 6.11. The average molecular weight is 415 g/mol. The monoisotopic (exact) mass is 414 g/mol.